The first-order valence-electron chi connectivity index (χ1n) is 9.72. The predicted molar refractivity (Wildman–Crippen MR) is 96.3 cm³/mol. The van der Waals surface area contributed by atoms with Crippen LogP contribution in [0.2, 0.25) is 0 Å². The van der Waals surface area contributed by atoms with Gasteiger partial charge in [0, 0.05) is 26.1 Å². The van der Waals surface area contributed by atoms with E-state index in [0.29, 0.717) is 32.7 Å². The van der Waals surface area contributed by atoms with Gasteiger partial charge in [-0.05, 0) is 60.0 Å². The molecule has 2 aliphatic rings. The number of halogens is 1. The summed E-state index contributed by atoms with van der Waals surface area (Å²) in [4.78, 5) is 28.0. The van der Waals surface area contributed by atoms with Gasteiger partial charge in [-0.25, -0.2) is 9.18 Å². The van der Waals surface area contributed by atoms with Gasteiger partial charge >= 0.3 is 11.9 Å². The van der Waals surface area contributed by atoms with Gasteiger partial charge in [-0.1, -0.05) is 0 Å². The second kappa shape index (κ2) is 8.65. The molecule has 7 heteroatoms. The van der Waals surface area contributed by atoms with Gasteiger partial charge in [0.05, 0.1) is 12.5 Å². The van der Waals surface area contributed by atoms with Crippen LogP contribution >= 0.6 is 0 Å². The molecule has 0 aromatic heterocycles. The topological polar surface area (TPSA) is 59.1 Å². The number of likely N-dealkylation sites (tertiary alicyclic amines) is 2. The molecule has 6 nitrogen and oxygen atoms in total. The third kappa shape index (κ3) is 5.39. The molecule has 0 aromatic rings. The minimum Gasteiger partial charge on any atom is -0.466 e. The molecule has 0 amide bonds. The Kier molecular flexibility index (Phi) is 7.02. The van der Waals surface area contributed by atoms with Crippen LogP contribution in [0.25, 0.3) is 0 Å². The molecular weight excluding hydrogens is 339 g/mol. The van der Waals surface area contributed by atoms with E-state index in [9.17, 15) is 9.59 Å². The molecule has 2 aliphatic heterocycles. The standard InChI is InChI=1S/C19H33FN2O4/c1-5-25-16(23)15-7-11-21(12-8-15)13-14-22-10-6-9-19(22,20)17(24)26-18(2,3)4/h15H,5-14H2,1-4H3. The summed E-state index contributed by atoms with van der Waals surface area (Å²) in [6.07, 6.45) is 2.38. The molecule has 0 spiro atoms. The van der Waals surface area contributed by atoms with Gasteiger partial charge in [-0.3, -0.25) is 9.69 Å². The zero-order chi connectivity index (χ0) is 19.4. The summed E-state index contributed by atoms with van der Waals surface area (Å²) in [6.45, 7) is 10.8. The fourth-order valence-corrected chi connectivity index (χ4v) is 3.63. The third-order valence-electron chi connectivity index (χ3n) is 5.04. The lowest BCUT2D eigenvalue weighted by Gasteiger charge is -2.35. The third-order valence-corrected chi connectivity index (χ3v) is 5.04. The average Bonchev–Trinajstić information content (AvgIpc) is 2.94. The monoisotopic (exact) mass is 372 g/mol. The van der Waals surface area contributed by atoms with Crippen molar-refractivity contribution in [3.05, 3.63) is 0 Å². The first kappa shape index (κ1) is 21.1. The highest BCUT2D eigenvalue weighted by Gasteiger charge is 2.50. The van der Waals surface area contributed by atoms with Crippen LogP contribution in [0.5, 0.6) is 0 Å². The summed E-state index contributed by atoms with van der Waals surface area (Å²) in [7, 11) is 0. The second-order valence-corrected chi connectivity index (χ2v) is 8.22. The van der Waals surface area contributed by atoms with Crippen molar-refractivity contribution >= 4 is 11.9 Å². The van der Waals surface area contributed by atoms with E-state index in [1.165, 1.54) is 0 Å². The van der Waals surface area contributed by atoms with Crippen molar-refractivity contribution in [1.82, 2.24) is 9.80 Å². The minimum atomic E-state index is -2.02. The van der Waals surface area contributed by atoms with Gasteiger partial charge in [0.2, 0.25) is 0 Å². The van der Waals surface area contributed by atoms with Crippen LogP contribution in [0.4, 0.5) is 4.39 Å². The van der Waals surface area contributed by atoms with Crippen molar-refractivity contribution < 1.29 is 23.5 Å². The van der Waals surface area contributed by atoms with Gasteiger partial charge in [0.15, 0.2) is 0 Å². The summed E-state index contributed by atoms with van der Waals surface area (Å²) < 4.78 is 25.7. The number of carbonyl (C=O) groups is 2. The van der Waals surface area contributed by atoms with E-state index in [1.807, 2.05) is 6.92 Å². The maximum absolute atomic E-state index is 15.3. The Morgan fingerprint density at radius 3 is 2.38 bits per heavy atom. The SMILES string of the molecule is CCOC(=O)C1CCN(CCN2CCCC2(F)C(=O)OC(C)(C)C)CC1. The summed E-state index contributed by atoms with van der Waals surface area (Å²) >= 11 is 0. The molecule has 26 heavy (non-hydrogen) atoms. The number of esters is 2. The Morgan fingerprint density at radius 2 is 1.81 bits per heavy atom. The number of rotatable bonds is 6. The molecule has 2 fully saturated rings. The van der Waals surface area contributed by atoms with Gasteiger partial charge in [-0.2, -0.15) is 0 Å². The van der Waals surface area contributed by atoms with Crippen molar-refractivity contribution in [3.63, 3.8) is 0 Å². The van der Waals surface area contributed by atoms with E-state index in [0.717, 1.165) is 25.9 Å². The van der Waals surface area contributed by atoms with Gasteiger partial charge in [0.25, 0.3) is 5.79 Å². The highest BCUT2D eigenvalue weighted by atomic mass is 19.1. The van der Waals surface area contributed by atoms with E-state index in [-0.39, 0.29) is 18.3 Å². The van der Waals surface area contributed by atoms with Crippen molar-refractivity contribution in [1.29, 1.82) is 0 Å². The van der Waals surface area contributed by atoms with E-state index >= 15 is 4.39 Å². The molecule has 0 aliphatic carbocycles. The van der Waals surface area contributed by atoms with Crippen LogP contribution in [-0.4, -0.2) is 72.5 Å². The molecule has 1 unspecified atom stereocenters. The van der Waals surface area contributed by atoms with Crippen molar-refractivity contribution in [2.24, 2.45) is 5.92 Å². The number of hydrogen-bond donors (Lipinski definition) is 0. The summed E-state index contributed by atoms with van der Waals surface area (Å²) in [5, 5.41) is 0. The number of alkyl halides is 1. The fraction of sp³-hybridized carbons (Fsp3) is 0.895. The average molecular weight is 372 g/mol. The molecule has 0 radical (unpaired) electrons. The first-order valence-corrected chi connectivity index (χ1v) is 9.72. The van der Waals surface area contributed by atoms with E-state index < -0.39 is 17.4 Å². The van der Waals surface area contributed by atoms with Crippen LogP contribution in [0, 0.1) is 5.92 Å². The Labute approximate surface area is 156 Å². The highest BCUT2D eigenvalue weighted by Crippen LogP contribution is 2.33. The molecule has 1 atom stereocenters. The predicted octanol–water partition coefficient (Wildman–Crippen LogP) is 2.36. The van der Waals surface area contributed by atoms with Crippen LogP contribution in [-0.2, 0) is 19.1 Å². The maximum atomic E-state index is 15.3. The molecule has 2 saturated heterocycles. The lowest BCUT2D eigenvalue weighted by atomic mass is 9.97. The molecule has 0 N–H and O–H groups in total. The van der Waals surface area contributed by atoms with Gasteiger partial charge in [-0.15, -0.1) is 0 Å². The lowest BCUT2D eigenvalue weighted by Crippen LogP contribution is -2.52. The van der Waals surface area contributed by atoms with Crippen molar-refractivity contribution in [2.75, 3.05) is 39.3 Å². The van der Waals surface area contributed by atoms with E-state index in [1.54, 1.807) is 25.7 Å². The van der Waals surface area contributed by atoms with Gasteiger partial charge in [0.1, 0.15) is 5.60 Å². The molecule has 0 bridgehead atoms. The Morgan fingerprint density at radius 1 is 1.15 bits per heavy atom. The first-order chi connectivity index (χ1) is 12.2. The van der Waals surface area contributed by atoms with Crippen molar-refractivity contribution in [2.45, 2.75) is 64.8 Å². The van der Waals surface area contributed by atoms with Gasteiger partial charge < -0.3 is 14.4 Å². The van der Waals surface area contributed by atoms with E-state index in [2.05, 4.69) is 4.90 Å². The van der Waals surface area contributed by atoms with Crippen LogP contribution in [0.3, 0.4) is 0 Å². The zero-order valence-electron chi connectivity index (χ0n) is 16.6. The maximum Gasteiger partial charge on any atom is 0.360 e. The number of piperidine rings is 1. The Bertz CT molecular complexity index is 500. The Balaban J connectivity index is 1.82. The molecule has 2 heterocycles. The molecule has 0 saturated carbocycles. The Hall–Kier alpha value is -1.21. The molecule has 0 aromatic carbocycles. The molecule has 150 valence electrons. The minimum absolute atomic E-state index is 0.0278. The summed E-state index contributed by atoms with van der Waals surface area (Å²) in [6, 6.07) is 0. The number of nitrogens with zero attached hydrogens (tertiary/aromatic N) is 2. The highest BCUT2D eigenvalue weighted by molar-refractivity contribution is 5.79. The van der Waals surface area contributed by atoms with Crippen LogP contribution in [0.15, 0.2) is 0 Å². The largest absolute Gasteiger partial charge is 0.466 e. The smallest absolute Gasteiger partial charge is 0.360 e. The normalized spacial score (nSPS) is 26.0. The van der Waals surface area contributed by atoms with Crippen LogP contribution in [0.1, 0.15) is 53.4 Å². The fourth-order valence-electron chi connectivity index (χ4n) is 3.63. The van der Waals surface area contributed by atoms with Crippen LogP contribution < -0.4 is 0 Å². The lowest BCUT2D eigenvalue weighted by molar-refractivity contribution is -0.181. The number of carbonyl (C=O) groups excluding carboxylic acids is 2. The zero-order valence-corrected chi connectivity index (χ0v) is 16.6. The summed E-state index contributed by atoms with van der Waals surface area (Å²) in [5.41, 5.74) is -0.695. The summed E-state index contributed by atoms with van der Waals surface area (Å²) in [5.74, 6) is -2.93. The molecule has 2 rings (SSSR count). The van der Waals surface area contributed by atoms with E-state index in [4.69, 9.17) is 9.47 Å². The quantitative estimate of drug-likeness (QED) is 0.527. The number of hydrogen-bond acceptors (Lipinski definition) is 6. The second-order valence-electron chi connectivity index (χ2n) is 8.22. The van der Waals surface area contributed by atoms with Crippen molar-refractivity contribution in [3.8, 4) is 0 Å². The molecular formula is C19H33FN2O4. The number of ether oxygens (including phenoxy) is 2.